The molecule has 0 radical (unpaired) electrons. The molecule has 2 amide bonds. The molecule has 0 unspecified atom stereocenters. The zero-order chi connectivity index (χ0) is 26.7. The van der Waals surface area contributed by atoms with Gasteiger partial charge < -0.3 is 25.2 Å². The quantitative estimate of drug-likeness (QED) is 0.616. The molecule has 2 aliphatic heterocycles. The van der Waals surface area contributed by atoms with Gasteiger partial charge in [0.25, 0.3) is 5.91 Å². The van der Waals surface area contributed by atoms with Gasteiger partial charge in [0.15, 0.2) is 0 Å². The van der Waals surface area contributed by atoms with Gasteiger partial charge in [-0.25, -0.2) is 0 Å². The second-order valence-corrected chi connectivity index (χ2v) is 9.89. The Morgan fingerprint density at radius 1 is 1.00 bits per heavy atom. The van der Waals surface area contributed by atoms with Crippen LogP contribution in [0.15, 0.2) is 40.5 Å². The summed E-state index contributed by atoms with van der Waals surface area (Å²) in [5.74, 6) is -0.330. The number of anilines is 1. The summed E-state index contributed by atoms with van der Waals surface area (Å²) in [5, 5.41) is 0. The Hall–Kier alpha value is -3.08. The second kappa shape index (κ2) is 11.1. The predicted molar refractivity (Wildman–Crippen MR) is 134 cm³/mol. The van der Waals surface area contributed by atoms with Gasteiger partial charge in [0.05, 0.1) is 17.8 Å². The summed E-state index contributed by atoms with van der Waals surface area (Å²) in [6.07, 6.45) is -2.31. The van der Waals surface area contributed by atoms with Crippen LogP contribution in [-0.2, 0) is 20.5 Å². The molecule has 8 nitrogen and oxygen atoms in total. The van der Waals surface area contributed by atoms with E-state index in [0.29, 0.717) is 57.8 Å². The lowest BCUT2D eigenvalue weighted by Crippen LogP contribution is -2.49. The van der Waals surface area contributed by atoms with Crippen molar-refractivity contribution in [2.75, 3.05) is 50.7 Å². The predicted octanol–water partition coefficient (Wildman–Crippen LogP) is 2.83. The lowest BCUT2D eigenvalue weighted by molar-refractivity contribution is -0.139. The monoisotopic (exact) mass is 521 g/mol. The van der Waals surface area contributed by atoms with Gasteiger partial charge in [-0.2, -0.15) is 13.2 Å². The molecule has 11 heteroatoms. The molecule has 0 bridgehead atoms. The van der Waals surface area contributed by atoms with Gasteiger partial charge in [-0.05, 0) is 57.4 Å². The number of aliphatic imine (C=N–C) groups is 1. The van der Waals surface area contributed by atoms with Crippen LogP contribution in [0.3, 0.4) is 0 Å². The van der Waals surface area contributed by atoms with Crippen LogP contribution in [-0.4, -0.2) is 85.3 Å². The Morgan fingerprint density at radius 3 is 2.22 bits per heavy atom. The summed E-state index contributed by atoms with van der Waals surface area (Å²) in [6, 6.07) is 5.08. The fourth-order valence-electron chi connectivity index (χ4n) is 5.17. The van der Waals surface area contributed by atoms with Gasteiger partial charge in [0.2, 0.25) is 5.91 Å². The minimum absolute atomic E-state index is 0.0216. The average molecular weight is 522 g/mol. The third kappa shape index (κ3) is 6.44. The fourth-order valence-corrected chi connectivity index (χ4v) is 5.17. The number of rotatable bonds is 4. The Bertz CT molecular complexity index is 1050. The minimum atomic E-state index is -4.36. The maximum atomic E-state index is 13.0. The van der Waals surface area contributed by atoms with E-state index in [1.807, 2.05) is 18.7 Å². The van der Waals surface area contributed by atoms with Crippen molar-refractivity contribution in [3.05, 3.63) is 41.1 Å². The van der Waals surface area contributed by atoms with E-state index < -0.39 is 11.7 Å². The normalized spacial score (nSPS) is 25.5. The third-order valence-electron chi connectivity index (χ3n) is 7.05. The molecular weight excluding hydrogens is 487 g/mol. The van der Waals surface area contributed by atoms with E-state index in [1.165, 1.54) is 12.1 Å². The fraction of sp³-hybridized carbons (Fsp3) is 0.577. The number of allylic oxidation sites excluding steroid dienone is 1. The lowest BCUT2D eigenvalue weighted by atomic mass is 10.1. The van der Waals surface area contributed by atoms with Crippen molar-refractivity contribution in [3.8, 4) is 0 Å². The number of hydrogen-bond donors (Lipinski definition) is 1. The SMILES string of the molecule is C[C@@H]1CN(C(=O)C(N)=C2CCCC2=NCC(=O)N2CCN(c3ccc(C(F)(F)F)cc3)CC2)C[C@H](C)O1. The van der Waals surface area contributed by atoms with E-state index in [-0.39, 0.29) is 36.3 Å². The molecule has 2 N–H and O–H groups in total. The van der Waals surface area contributed by atoms with Crippen molar-refractivity contribution >= 4 is 23.2 Å². The van der Waals surface area contributed by atoms with Gasteiger partial charge in [-0.3, -0.25) is 14.6 Å². The summed E-state index contributed by atoms with van der Waals surface area (Å²) in [6.45, 7) is 6.77. The highest BCUT2D eigenvalue weighted by molar-refractivity contribution is 6.09. The number of ether oxygens (including phenoxy) is 1. The maximum absolute atomic E-state index is 13.0. The van der Waals surface area contributed by atoms with Crippen molar-refractivity contribution in [1.82, 2.24) is 9.80 Å². The van der Waals surface area contributed by atoms with E-state index in [9.17, 15) is 22.8 Å². The number of carbonyl (C=O) groups excluding carboxylic acids is 2. The molecule has 1 aliphatic carbocycles. The van der Waals surface area contributed by atoms with Crippen LogP contribution >= 0.6 is 0 Å². The zero-order valence-corrected chi connectivity index (χ0v) is 21.3. The number of alkyl halides is 3. The van der Waals surface area contributed by atoms with E-state index in [2.05, 4.69) is 4.99 Å². The molecule has 2 saturated heterocycles. The van der Waals surface area contributed by atoms with Gasteiger partial charge >= 0.3 is 6.18 Å². The Balaban J connectivity index is 1.33. The number of carbonyl (C=O) groups is 2. The number of hydrogen-bond acceptors (Lipinski definition) is 6. The standard InChI is InChI=1S/C26H34F3N5O3/c1-17-15-34(16-18(2)37-17)25(36)24(30)21-4-3-5-22(21)31-14-23(35)33-12-10-32(11-13-33)20-8-6-19(7-9-20)26(27,28)29/h6-9,17-18H,3-5,10-16,30H2,1-2H3/t17-,18+. The summed E-state index contributed by atoms with van der Waals surface area (Å²) in [4.78, 5) is 35.8. The molecule has 1 saturated carbocycles. The van der Waals surface area contributed by atoms with Crippen LogP contribution in [0.2, 0.25) is 0 Å². The molecule has 4 rings (SSSR count). The first-order chi connectivity index (χ1) is 17.5. The number of amides is 2. The van der Waals surface area contributed by atoms with Gasteiger partial charge in [-0.1, -0.05) is 0 Å². The smallest absolute Gasteiger partial charge is 0.394 e. The van der Waals surface area contributed by atoms with Crippen LogP contribution in [0.4, 0.5) is 18.9 Å². The minimum Gasteiger partial charge on any atom is -0.394 e. The number of benzene rings is 1. The summed E-state index contributed by atoms with van der Waals surface area (Å²) < 4.78 is 44.1. The molecule has 3 fully saturated rings. The molecule has 202 valence electrons. The average Bonchev–Trinajstić information content (AvgIpc) is 3.34. The summed E-state index contributed by atoms with van der Waals surface area (Å²) in [7, 11) is 0. The van der Waals surface area contributed by atoms with Crippen LogP contribution in [0, 0.1) is 0 Å². The first-order valence-corrected chi connectivity index (χ1v) is 12.7. The van der Waals surface area contributed by atoms with E-state index in [4.69, 9.17) is 10.5 Å². The van der Waals surface area contributed by atoms with E-state index in [0.717, 1.165) is 29.8 Å². The van der Waals surface area contributed by atoms with E-state index >= 15 is 0 Å². The molecule has 3 aliphatic rings. The van der Waals surface area contributed by atoms with Gasteiger partial charge in [0.1, 0.15) is 12.2 Å². The second-order valence-electron chi connectivity index (χ2n) is 9.89. The van der Waals surface area contributed by atoms with Crippen molar-refractivity contribution in [2.24, 2.45) is 10.7 Å². The number of halogens is 3. The maximum Gasteiger partial charge on any atom is 0.416 e. The topological polar surface area (TPSA) is 91.5 Å². The molecule has 0 spiro atoms. The highest BCUT2D eigenvalue weighted by atomic mass is 19.4. The molecular formula is C26H34F3N5O3. The van der Waals surface area contributed by atoms with Crippen LogP contribution < -0.4 is 10.6 Å². The van der Waals surface area contributed by atoms with Crippen molar-refractivity contribution in [1.29, 1.82) is 0 Å². The first kappa shape index (κ1) is 27.0. The van der Waals surface area contributed by atoms with Crippen LogP contribution in [0.25, 0.3) is 0 Å². The molecule has 1 aromatic carbocycles. The largest absolute Gasteiger partial charge is 0.416 e. The summed E-state index contributed by atoms with van der Waals surface area (Å²) >= 11 is 0. The number of morpholine rings is 1. The highest BCUT2D eigenvalue weighted by Crippen LogP contribution is 2.31. The Labute approximate surface area is 214 Å². The molecule has 2 heterocycles. The lowest BCUT2D eigenvalue weighted by Gasteiger charge is -2.36. The highest BCUT2D eigenvalue weighted by Gasteiger charge is 2.31. The first-order valence-electron chi connectivity index (χ1n) is 12.7. The van der Waals surface area contributed by atoms with Crippen molar-refractivity contribution in [2.45, 2.75) is 51.5 Å². The van der Waals surface area contributed by atoms with Crippen LogP contribution in [0.5, 0.6) is 0 Å². The van der Waals surface area contributed by atoms with Crippen molar-refractivity contribution in [3.63, 3.8) is 0 Å². The molecule has 1 aromatic rings. The van der Waals surface area contributed by atoms with Gasteiger partial charge in [-0.15, -0.1) is 0 Å². The molecule has 0 aromatic heterocycles. The molecule has 37 heavy (non-hydrogen) atoms. The van der Waals surface area contributed by atoms with Gasteiger partial charge in [0, 0.05) is 56.2 Å². The van der Waals surface area contributed by atoms with Crippen molar-refractivity contribution < 1.29 is 27.5 Å². The third-order valence-corrected chi connectivity index (χ3v) is 7.05. The Morgan fingerprint density at radius 2 is 1.62 bits per heavy atom. The molecule has 2 atom stereocenters. The van der Waals surface area contributed by atoms with Crippen LogP contribution in [0.1, 0.15) is 38.7 Å². The number of piperazine rings is 1. The van der Waals surface area contributed by atoms with E-state index in [1.54, 1.807) is 9.80 Å². The zero-order valence-electron chi connectivity index (χ0n) is 21.3. The number of nitrogens with two attached hydrogens (primary N) is 1. The Kier molecular flexibility index (Phi) is 8.11. The number of nitrogens with zero attached hydrogens (tertiary/aromatic N) is 4. The summed E-state index contributed by atoms with van der Waals surface area (Å²) in [5.41, 5.74) is 7.97.